The Morgan fingerprint density at radius 1 is 1.37 bits per heavy atom. The highest BCUT2D eigenvalue weighted by Gasteiger charge is 2.15. The van der Waals surface area contributed by atoms with Crippen LogP contribution in [-0.2, 0) is 13.1 Å². The number of nitrogens with one attached hydrogen (secondary N) is 1. The first-order valence-corrected chi connectivity index (χ1v) is 6.76. The van der Waals surface area contributed by atoms with Gasteiger partial charge in [0.25, 0.3) is 0 Å². The number of hydrogen-bond acceptors (Lipinski definition) is 3. The van der Waals surface area contributed by atoms with E-state index >= 15 is 0 Å². The molecule has 0 radical (unpaired) electrons. The van der Waals surface area contributed by atoms with E-state index in [1.807, 2.05) is 32.2 Å². The van der Waals surface area contributed by atoms with Gasteiger partial charge >= 0.3 is 0 Å². The largest absolute Gasteiger partial charge is 0.491 e. The molecule has 0 unspecified atom stereocenters. The predicted octanol–water partition coefficient (Wildman–Crippen LogP) is 2.44. The van der Waals surface area contributed by atoms with Crippen LogP contribution < -0.4 is 10.1 Å². The molecule has 0 amide bonds. The number of rotatable bonds is 3. The van der Waals surface area contributed by atoms with Gasteiger partial charge in [-0.3, -0.25) is 0 Å². The monoisotopic (exact) mass is 257 g/mol. The zero-order valence-electron chi connectivity index (χ0n) is 11.4. The third-order valence-corrected chi connectivity index (χ3v) is 3.24. The summed E-state index contributed by atoms with van der Waals surface area (Å²) in [6.45, 7) is 6.90. The van der Waals surface area contributed by atoms with Crippen molar-refractivity contribution in [2.45, 2.75) is 33.0 Å². The van der Waals surface area contributed by atoms with Gasteiger partial charge in [0, 0.05) is 18.7 Å². The number of imidazole rings is 1. The molecule has 1 aromatic carbocycles. The lowest BCUT2D eigenvalue weighted by Gasteiger charge is -2.18. The first-order chi connectivity index (χ1) is 9.24. The van der Waals surface area contributed by atoms with Gasteiger partial charge in [-0.1, -0.05) is 12.1 Å². The van der Waals surface area contributed by atoms with E-state index in [1.54, 1.807) is 0 Å². The molecule has 2 heterocycles. The fourth-order valence-corrected chi connectivity index (χ4v) is 2.43. The first kappa shape index (κ1) is 12.2. The third kappa shape index (κ3) is 2.49. The molecule has 0 fully saturated rings. The predicted molar refractivity (Wildman–Crippen MR) is 75.1 cm³/mol. The molecule has 1 aliphatic heterocycles. The Morgan fingerprint density at radius 2 is 2.26 bits per heavy atom. The van der Waals surface area contributed by atoms with Crippen molar-refractivity contribution >= 4 is 0 Å². The van der Waals surface area contributed by atoms with Crippen molar-refractivity contribution in [2.24, 2.45) is 0 Å². The Kier molecular flexibility index (Phi) is 3.25. The topological polar surface area (TPSA) is 39.1 Å². The summed E-state index contributed by atoms with van der Waals surface area (Å²) in [7, 11) is 0. The Hall–Kier alpha value is -1.81. The van der Waals surface area contributed by atoms with Crippen molar-refractivity contribution in [3.8, 4) is 17.0 Å². The van der Waals surface area contributed by atoms with E-state index in [-0.39, 0.29) is 6.10 Å². The van der Waals surface area contributed by atoms with Crippen molar-refractivity contribution in [1.82, 2.24) is 14.9 Å². The molecule has 0 saturated carbocycles. The number of benzene rings is 1. The summed E-state index contributed by atoms with van der Waals surface area (Å²) >= 11 is 0. The van der Waals surface area contributed by atoms with Crippen LogP contribution in [0, 0.1) is 0 Å². The second kappa shape index (κ2) is 5.05. The molecule has 1 aromatic heterocycles. The van der Waals surface area contributed by atoms with Gasteiger partial charge in [-0.15, -0.1) is 0 Å². The molecule has 1 N–H and O–H groups in total. The van der Waals surface area contributed by atoms with Crippen molar-refractivity contribution < 1.29 is 4.74 Å². The molecule has 100 valence electrons. The molecule has 1 aliphatic rings. The molecule has 2 aromatic rings. The summed E-state index contributed by atoms with van der Waals surface area (Å²) in [5, 5.41) is 3.34. The zero-order valence-corrected chi connectivity index (χ0v) is 11.4. The van der Waals surface area contributed by atoms with Crippen molar-refractivity contribution in [3.05, 3.63) is 36.3 Å². The van der Waals surface area contributed by atoms with Gasteiger partial charge in [-0.05, 0) is 26.0 Å². The standard InChI is InChI=1S/C15H19N3O/c1-11(2)19-13-5-3-4-12(8-13)14-9-17-15-10-16-6-7-18(14)15/h3-5,8-9,11,16H,6-7,10H2,1-2H3. The maximum Gasteiger partial charge on any atom is 0.123 e. The minimum atomic E-state index is 0.193. The van der Waals surface area contributed by atoms with Gasteiger partial charge in [0.15, 0.2) is 0 Å². The van der Waals surface area contributed by atoms with Crippen molar-refractivity contribution in [1.29, 1.82) is 0 Å². The molecule has 19 heavy (non-hydrogen) atoms. The molecule has 4 heteroatoms. The fraction of sp³-hybridized carbons (Fsp3) is 0.400. The summed E-state index contributed by atoms with van der Waals surface area (Å²) in [4.78, 5) is 4.48. The molecular formula is C15H19N3O. The molecule has 0 aliphatic carbocycles. The second-order valence-corrected chi connectivity index (χ2v) is 5.08. The van der Waals surface area contributed by atoms with E-state index in [2.05, 4.69) is 27.0 Å². The van der Waals surface area contributed by atoms with E-state index in [1.165, 1.54) is 11.3 Å². The molecule has 0 atom stereocenters. The lowest BCUT2D eigenvalue weighted by molar-refractivity contribution is 0.242. The number of fused-ring (bicyclic) bond motifs is 1. The van der Waals surface area contributed by atoms with E-state index in [9.17, 15) is 0 Å². The Balaban J connectivity index is 1.95. The zero-order chi connectivity index (χ0) is 13.2. The summed E-state index contributed by atoms with van der Waals surface area (Å²) in [6.07, 6.45) is 2.15. The van der Waals surface area contributed by atoms with Crippen LogP contribution >= 0.6 is 0 Å². The van der Waals surface area contributed by atoms with Gasteiger partial charge in [0.05, 0.1) is 24.5 Å². The van der Waals surface area contributed by atoms with Gasteiger partial charge in [-0.25, -0.2) is 4.98 Å². The van der Waals surface area contributed by atoms with E-state index in [4.69, 9.17) is 4.74 Å². The maximum absolute atomic E-state index is 5.75. The summed E-state index contributed by atoms with van der Waals surface area (Å²) in [6, 6.07) is 8.23. The molecular weight excluding hydrogens is 238 g/mol. The average Bonchev–Trinajstić information content (AvgIpc) is 2.82. The number of nitrogens with zero attached hydrogens (tertiary/aromatic N) is 2. The molecule has 0 saturated heterocycles. The lowest BCUT2D eigenvalue weighted by Crippen LogP contribution is -2.28. The van der Waals surface area contributed by atoms with E-state index < -0.39 is 0 Å². The molecule has 0 spiro atoms. The minimum absolute atomic E-state index is 0.193. The first-order valence-electron chi connectivity index (χ1n) is 6.76. The normalized spacial score (nSPS) is 14.5. The number of hydrogen-bond donors (Lipinski definition) is 1. The fourth-order valence-electron chi connectivity index (χ4n) is 2.43. The van der Waals surface area contributed by atoms with Crippen LogP contribution in [0.15, 0.2) is 30.5 Å². The van der Waals surface area contributed by atoms with Crippen LogP contribution in [0.4, 0.5) is 0 Å². The highest BCUT2D eigenvalue weighted by Crippen LogP contribution is 2.26. The van der Waals surface area contributed by atoms with E-state index in [0.29, 0.717) is 0 Å². The Morgan fingerprint density at radius 3 is 3.11 bits per heavy atom. The second-order valence-electron chi connectivity index (χ2n) is 5.08. The van der Waals surface area contributed by atoms with Crippen molar-refractivity contribution in [2.75, 3.05) is 6.54 Å². The van der Waals surface area contributed by atoms with Crippen LogP contribution in [0.3, 0.4) is 0 Å². The molecule has 3 rings (SSSR count). The quantitative estimate of drug-likeness (QED) is 0.918. The van der Waals surface area contributed by atoms with Crippen LogP contribution in [-0.4, -0.2) is 22.2 Å². The third-order valence-electron chi connectivity index (χ3n) is 3.24. The minimum Gasteiger partial charge on any atom is -0.491 e. The van der Waals surface area contributed by atoms with Crippen LogP contribution in [0.5, 0.6) is 5.75 Å². The highest BCUT2D eigenvalue weighted by atomic mass is 16.5. The lowest BCUT2D eigenvalue weighted by atomic mass is 10.1. The Bertz CT molecular complexity index is 575. The van der Waals surface area contributed by atoms with E-state index in [0.717, 1.165) is 31.2 Å². The van der Waals surface area contributed by atoms with Crippen LogP contribution in [0.2, 0.25) is 0 Å². The van der Waals surface area contributed by atoms with Crippen molar-refractivity contribution in [3.63, 3.8) is 0 Å². The van der Waals surface area contributed by atoms with Gasteiger partial charge in [0.2, 0.25) is 0 Å². The van der Waals surface area contributed by atoms with Crippen LogP contribution in [0.25, 0.3) is 11.3 Å². The Labute approximate surface area is 113 Å². The maximum atomic E-state index is 5.75. The number of aromatic nitrogens is 2. The summed E-state index contributed by atoms with van der Waals surface area (Å²) in [5.74, 6) is 2.02. The van der Waals surface area contributed by atoms with Gasteiger partial charge < -0.3 is 14.6 Å². The average molecular weight is 257 g/mol. The molecule has 4 nitrogen and oxygen atoms in total. The smallest absolute Gasteiger partial charge is 0.123 e. The number of ether oxygens (including phenoxy) is 1. The molecule has 0 bridgehead atoms. The SMILES string of the molecule is CC(C)Oc1cccc(-c2cnc3n2CCNC3)c1. The summed E-state index contributed by atoms with van der Waals surface area (Å²) in [5.41, 5.74) is 2.34. The summed E-state index contributed by atoms with van der Waals surface area (Å²) < 4.78 is 8.04. The van der Waals surface area contributed by atoms with Crippen LogP contribution in [0.1, 0.15) is 19.7 Å². The highest BCUT2D eigenvalue weighted by molar-refractivity contribution is 5.61. The van der Waals surface area contributed by atoms with Gasteiger partial charge in [0.1, 0.15) is 11.6 Å². The van der Waals surface area contributed by atoms with Gasteiger partial charge in [-0.2, -0.15) is 0 Å².